The van der Waals surface area contributed by atoms with Crippen LogP contribution in [-0.2, 0) is 4.74 Å². The van der Waals surface area contributed by atoms with Crippen LogP contribution in [0.25, 0.3) is 0 Å². The van der Waals surface area contributed by atoms with Gasteiger partial charge in [-0.1, -0.05) is 6.92 Å². The van der Waals surface area contributed by atoms with Crippen molar-refractivity contribution in [2.45, 2.75) is 19.4 Å². The first kappa shape index (κ1) is 14.1. The van der Waals surface area contributed by atoms with Gasteiger partial charge in [0, 0.05) is 26.2 Å². The highest BCUT2D eigenvalue weighted by Crippen LogP contribution is 2.13. The van der Waals surface area contributed by atoms with Crippen LogP contribution in [0, 0.1) is 0 Å². The van der Waals surface area contributed by atoms with Crippen LogP contribution in [-0.4, -0.2) is 55.8 Å². The monoisotopic (exact) mass is 264 g/mol. The first-order valence-corrected chi connectivity index (χ1v) is 7.01. The van der Waals surface area contributed by atoms with Crippen molar-refractivity contribution in [3.8, 4) is 0 Å². The van der Waals surface area contributed by atoms with Crippen LogP contribution in [0.5, 0.6) is 0 Å². The molecule has 1 atom stereocenters. The van der Waals surface area contributed by atoms with E-state index in [4.69, 9.17) is 4.74 Å². The number of anilines is 2. The molecule has 1 unspecified atom stereocenters. The Labute approximate surface area is 115 Å². The molecule has 2 N–H and O–H groups in total. The molecule has 106 valence electrons. The molecule has 0 amide bonds. The summed E-state index contributed by atoms with van der Waals surface area (Å²) in [6.45, 7) is 6.77. The van der Waals surface area contributed by atoms with Gasteiger partial charge in [-0.15, -0.1) is 0 Å². The van der Waals surface area contributed by atoms with Gasteiger partial charge in [0.2, 0.25) is 0 Å². The average Bonchev–Trinajstić information content (AvgIpc) is 2.43. The van der Waals surface area contributed by atoms with Crippen LogP contribution < -0.4 is 10.6 Å². The Kier molecular flexibility index (Phi) is 5.42. The van der Waals surface area contributed by atoms with E-state index in [9.17, 15) is 0 Å². The molecule has 19 heavy (non-hydrogen) atoms. The number of hydrogen-bond donors (Lipinski definition) is 2. The topological polar surface area (TPSA) is 49.4 Å². The Bertz CT molecular complexity index is 385. The minimum Gasteiger partial charge on any atom is -0.384 e. The molecule has 2 heterocycles. The predicted molar refractivity (Wildman–Crippen MR) is 78.7 cm³/mol. The van der Waals surface area contributed by atoms with Gasteiger partial charge in [0.15, 0.2) is 0 Å². The summed E-state index contributed by atoms with van der Waals surface area (Å²) in [4.78, 5) is 6.54. The fourth-order valence-corrected chi connectivity index (χ4v) is 2.12. The van der Waals surface area contributed by atoms with E-state index in [1.54, 1.807) is 0 Å². The SMILES string of the molecule is CCCNc1cncc(NCC2CN(C)CCO2)c1. The van der Waals surface area contributed by atoms with Crippen molar-refractivity contribution in [2.75, 3.05) is 50.5 Å². The Morgan fingerprint density at radius 1 is 1.37 bits per heavy atom. The van der Waals surface area contributed by atoms with Crippen molar-refractivity contribution in [2.24, 2.45) is 0 Å². The minimum atomic E-state index is 0.256. The van der Waals surface area contributed by atoms with Gasteiger partial charge in [0.05, 0.1) is 36.5 Å². The van der Waals surface area contributed by atoms with Crippen LogP contribution in [0.2, 0.25) is 0 Å². The van der Waals surface area contributed by atoms with Crippen LogP contribution in [0.1, 0.15) is 13.3 Å². The lowest BCUT2D eigenvalue weighted by atomic mass is 10.2. The van der Waals surface area contributed by atoms with E-state index < -0.39 is 0 Å². The predicted octanol–water partition coefficient (Wildman–Crippen LogP) is 1.65. The molecule has 1 aliphatic heterocycles. The summed E-state index contributed by atoms with van der Waals surface area (Å²) in [6, 6.07) is 2.09. The lowest BCUT2D eigenvalue weighted by Gasteiger charge is -2.30. The van der Waals surface area contributed by atoms with E-state index in [0.717, 1.165) is 50.6 Å². The van der Waals surface area contributed by atoms with Gasteiger partial charge in [-0.25, -0.2) is 0 Å². The summed E-state index contributed by atoms with van der Waals surface area (Å²) >= 11 is 0. The molecular formula is C14H24N4O. The third-order valence-electron chi connectivity index (χ3n) is 3.19. The zero-order valence-electron chi connectivity index (χ0n) is 11.9. The van der Waals surface area contributed by atoms with Gasteiger partial charge in [-0.2, -0.15) is 0 Å². The van der Waals surface area contributed by atoms with E-state index in [2.05, 4.69) is 40.6 Å². The number of nitrogens with one attached hydrogen (secondary N) is 2. The third kappa shape index (κ3) is 4.69. The number of nitrogens with zero attached hydrogens (tertiary/aromatic N) is 2. The van der Waals surface area contributed by atoms with Gasteiger partial charge in [-0.05, 0) is 19.5 Å². The molecule has 5 nitrogen and oxygen atoms in total. The molecule has 1 aliphatic rings. The molecule has 0 aromatic carbocycles. The van der Waals surface area contributed by atoms with E-state index in [1.807, 2.05) is 12.4 Å². The second-order valence-electron chi connectivity index (χ2n) is 5.03. The lowest BCUT2D eigenvalue weighted by Crippen LogP contribution is -2.43. The summed E-state index contributed by atoms with van der Waals surface area (Å²) < 4.78 is 5.73. The number of hydrogen-bond acceptors (Lipinski definition) is 5. The van der Waals surface area contributed by atoms with Gasteiger partial charge in [0.25, 0.3) is 0 Å². The smallest absolute Gasteiger partial charge is 0.0874 e. The highest BCUT2D eigenvalue weighted by Gasteiger charge is 2.17. The number of morpholine rings is 1. The molecule has 0 saturated carbocycles. The van der Waals surface area contributed by atoms with Crippen LogP contribution in [0.15, 0.2) is 18.5 Å². The van der Waals surface area contributed by atoms with Crippen molar-refractivity contribution >= 4 is 11.4 Å². The Morgan fingerprint density at radius 3 is 2.89 bits per heavy atom. The molecule has 1 aromatic rings. The summed E-state index contributed by atoms with van der Waals surface area (Å²) in [5.74, 6) is 0. The number of rotatable bonds is 6. The van der Waals surface area contributed by atoms with Crippen molar-refractivity contribution in [3.63, 3.8) is 0 Å². The van der Waals surface area contributed by atoms with Gasteiger partial charge >= 0.3 is 0 Å². The summed E-state index contributed by atoms with van der Waals surface area (Å²) in [6.07, 6.45) is 5.07. The first-order valence-electron chi connectivity index (χ1n) is 7.01. The summed E-state index contributed by atoms with van der Waals surface area (Å²) in [5, 5.41) is 6.74. The van der Waals surface area contributed by atoms with Crippen LogP contribution in [0.3, 0.4) is 0 Å². The fourth-order valence-electron chi connectivity index (χ4n) is 2.12. The van der Waals surface area contributed by atoms with E-state index in [-0.39, 0.29) is 6.10 Å². The normalized spacial score (nSPS) is 20.2. The number of likely N-dealkylation sites (N-methyl/N-ethyl adjacent to an activating group) is 1. The summed E-state index contributed by atoms with van der Waals surface area (Å²) in [5.41, 5.74) is 2.10. The maximum Gasteiger partial charge on any atom is 0.0874 e. The molecule has 1 fully saturated rings. The molecular weight excluding hydrogens is 240 g/mol. The fraction of sp³-hybridized carbons (Fsp3) is 0.643. The summed E-state index contributed by atoms with van der Waals surface area (Å²) in [7, 11) is 2.13. The van der Waals surface area contributed by atoms with Gasteiger partial charge in [0.1, 0.15) is 0 Å². The highest BCUT2D eigenvalue weighted by molar-refractivity contribution is 5.53. The van der Waals surface area contributed by atoms with Crippen molar-refractivity contribution in [1.29, 1.82) is 0 Å². The van der Waals surface area contributed by atoms with Crippen LogP contribution in [0.4, 0.5) is 11.4 Å². The largest absolute Gasteiger partial charge is 0.384 e. The average molecular weight is 264 g/mol. The highest BCUT2D eigenvalue weighted by atomic mass is 16.5. The Balaban J connectivity index is 1.81. The molecule has 1 aromatic heterocycles. The molecule has 0 aliphatic carbocycles. The van der Waals surface area contributed by atoms with Crippen LogP contribution >= 0.6 is 0 Å². The maximum atomic E-state index is 5.73. The minimum absolute atomic E-state index is 0.256. The lowest BCUT2D eigenvalue weighted by molar-refractivity contribution is -0.0117. The van der Waals surface area contributed by atoms with E-state index >= 15 is 0 Å². The number of aromatic nitrogens is 1. The first-order chi connectivity index (χ1) is 9.28. The molecule has 5 heteroatoms. The molecule has 0 radical (unpaired) electrons. The molecule has 1 saturated heterocycles. The number of ether oxygens (including phenoxy) is 1. The molecule has 0 spiro atoms. The number of pyridine rings is 1. The second-order valence-corrected chi connectivity index (χ2v) is 5.03. The van der Waals surface area contributed by atoms with Crippen molar-refractivity contribution < 1.29 is 4.74 Å². The zero-order valence-corrected chi connectivity index (χ0v) is 11.9. The van der Waals surface area contributed by atoms with Crippen molar-refractivity contribution in [1.82, 2.24) is 9.88 Å². The third-order valence-corrected chi connectivity index (χ3v) is 3.19. The zero-order chi connectivity index (χ0) is 13.5. The van der Waals surface area contributed by atoms with E-state index in [1.165, 1.54) is 0 Å². The quantitative estimate of drug-likeness (QED) is 0.818. The second kappa shape index (κ2) is 7.31. The standard InChI is InChI=1S/C14H24N4O/c1-3-4-16-12-7-13(9-15-8-12)17-10-14-11-18(2)5-6-19-14/h7-9,14,16-17H,3-6,10-11H2,1-2H3. The molecule has 0 bridgehead atoms. The van der Waals surface area contributed by atoms with Crippen molar-refractivity contribution in [3.05, 3.63) is 18.5 Å². The Morgan fingerprint density at radius 2 is 2.16 bits per heavy atom. The van der Waals surface area contributed by atoms with Gasteiger partial charge in [-0.3, -0.25) is 4.98 Å². The molecule has 2 rings (SSSR count). The van der Waals surface area contributed by atoms with Gasteiger partial charge < -0.3 is 20.3 Å². The Hall–Kier alpha value is -1.33. The van der Waals surface area contributed by atoms with E-state index in [0.29, 0.717) is 0 Å². The maximum absolute atomic E-state index is 5.73.